The lowest BCUT2D eigenvalue weighted by Gasteiger charge is -2.30. The largest absolute Gasteiger partial charge is 0.466 e. The molecule has 0 spiro atoms. The van der Waals surface area contributed by atoms with Crippen LogP contribution in [0.25, 0.3) is 0 Å². The van der Waals surface area contributed by atoms with Gasteiger partial charge in [0, 0.05) is 13.5 Å². The van der Waals surface area contributed by atoms with Crippen molar-refractivity contribution in [2.75, 3.05) is 19.8 Å². The van der Waals surface area contributed by atoms with Crippen LogP contribution >= 0.6 is 0 Å². The standard InChI is InChI=1S/C26H46O8/c1-19(2)11-8-14-31-23(28)17-26(18-24(29)34-22(7)27,33-16-10-13-21(5)6)25(30)32-15-9-12-20(3)4/h19-21H,8-18H2,1-7H3. The van der Waals surface area contributed by atoms with Crippen molar-refractivity contribution >= 4 is 23.9 Å². The summed E-state index contributed by atoms with van der Waals surface area (Å²) in [6.07, 6.45) is 3.46. The van der Waals surface area contributed by atoms with Gasteiger partial charge < -0.3 is 18.9 Å². The van der Waals surface area contributed by atoms with Crippen molar-refractivity contribution in [3.63, 3.8) is 0 Å². The highest BCUT2D eigenvalue weighted by atomic mass is 16.6. The van der Waals surface area contributed by atoms with Gasteiger partial charge in [0.1, 0.15) is 0 Å². The Morgan fingerprint density at radius 1 is 0.647 bits per heavy atom. The molecule has 8 nitrogen and oxygen atoms in total. The van der Waals surface area contributed by atoms with Crippen LogP contribution < -0.4 is 0 Å². The maximum Gasteiger partial charge on any atom is 0.339 e. The lowest BCUT2D eigenvalue weighted by atomic mass is 9.94. The normalized spacial score (nSPS) is 13.1. The van der Waals surface area contributed by atoms with E-state index in [0.717, 1.165) is 26.2 Å². The molecule has 0 aromatic rings. The zero-order valence-corrected chi connectivity index (χ0v) is 22.3. The third-order valence-electron chi connectivity index (χ3n) is 5.14. The number of carbonyl (C=O) groups excluding carboxylic acids is 4. The molecule has 198 valence electrons. The van der Waals surface area contributed by atoms with Gasteiger partial charge in [-0.2, -0.15) is 0 Å². The van der Waals surface area contributed by atoms with Gasteiger partial charge in [-0.3, -0.25) is 14.4 Å². The summed E-state index contributed by atoms with van der Waals surface area (Å²) in [7, 11) is 0. The highest BCUT2D eigenvalue weighted by Crippen LogP contribution is 2.26. The third kappa shape index (κ3) is 15.8. The second-order valence-corrected chi connectivity index (χ2v) is 10.1. The van der Waals surface area contributed by atoms with Crippen molar-refractivity contribution in [3.05, 3.63) is 0 Å². The number of rotatable bonds is 18. The smallest absolute Gasteiger partial charge is 0.339 e. The van der Waals surface area contributed by atoms with Gasteiger partial charge in [0.15, 0.2) is 5.60 Å². The summed E-state index contributed by atoms with van der Waals surface area (Å²) in [6, 6.07) is 0. The molecule has 0 heterocycles. The third-order valence-corrected chi connectivity index (χ3v) is 5.14. The fraction of sp³-hybridized carbons (Fsp3) is 0.846. The number of hydrogen-bond acceptors (Lipinski definition) is 8. The first kappa shape index (κ1) is 32.0. The Morgan fingerprint density at radius 2 is 1.09 bits per heavy atom. The highest BCUT2D eigenvalue weighted by Gasteiger charge is 2.46. The van der Waals surface area contributed by atoms with Crippen molar-refractivity contribution in [2.45, 2.75) is 105 Å². The van der Waals surface area contributed by atoms with Gasteiger partial charge in [-0.25, -0.2) is 4.79 Å². The Balaban J connectivity index is 5.54. The van der Waals surface area contributed by atoms with Crippen LogP contribution in [0.5, 0.6) is 0 Å². The summed E-state index contributed by atoms with van der Waals surface area (Å²) < 4.78 is 21.3. The van der Waals surface area contributed by atoms with Crippen LogP contribution in [0.2, 0.25) is 0 Å². The molecule has 0 saturated carbocycles. The molecule has 1 atom stereocenters. The highest BCUT2D eigenvalue weighted by molar-refractivity contribution is 5.93. The second-order valence-electron chi connectivity index (χ2n) is 10.1. The van der Waals surface area contributed by atoms with Crippen LogP contribution in [-0.2, 0) is 38.1 Å². The minimum absolute atomic E-state index is 0.138. The van der Waals surface area contributed by atoms with Gasteiger partial charge >= 0.3 is 23.9 Å². The molecule has 0 amide bonds. The van der Waals surface area contributed by atoms with Gasteiger partial charge in [0.25, 0.3) is 0 Å². The van der Waals surface area contributed by atoms with Crippen LogP contribution in [0.3, 0.4) is 0 Å². The molecule has 34 heavy (non-hydrogen) atoms. The Hall–Kier alpha value is -1.96. The molecule has 0 aliphatic heterocycles. The van der Waals surface area contributed by atoms with E-state index in [2.05, 4.69) is 46.3 Å². The Kier molecular flexibility index (Phi) is 16.5. The van der Waals surface area contributed by atoms with Crippen LogP contribution in [-0.4, -0.2) is 49.3 Å². The molecule has 1 unspecified atom stereocenters. The van der Waals surface area contributed by atoms with Crippen LogP contribution in [0.1, 0.15) is 99.8 Å². The minimum atomic E-state index is -1.91. The molecular weight excluding hydrogens is 440 g/mol. The Morgan fingerprint density at radius 3 is 1.56 bits per heavy atom. The van der Waals surface area contributed by atoms with Crippen molar-refractivity contribution in [1.29, 1.82) is 0 Å². The zero-order chi connectivity index (χ0) is 26.1. The summed E-state index contributed by atoms with van der Waals surface area (Å²) in [5.74, 6) is -1.90. The molecule has 0 aromatic carbocycles. The van der Waals surface area contributed by atoms with E-state index in [0.29, 0.717) is 37.0 Å². The predicted molar refractivity (Wildman–Crippen MR) is 129 cm³/mol. The fourth-order valence-electron chi connectivity index (χ4n) is 3.31. The molecule has 0 N–H and O–H groups in total. The predicted octanol–water partition coefficient (Wildman–Crippen LogP) is 5.01. The van der Waals surface area contributed by atoms with Gasteiger partial charge in [0.2, 0.25) is 0 Å². The van der Waals surface area contributed by atoms with Gasteiger partial charge in [-0.1, -0.05) is 41.5 Å². The first-order chi connectivity index (χ1) is 15.9. The quantitative estimate of drug-likeness (QED) is 0.115. The molecule has 0 saturated heterocycles. The van der Waals surface area contributed by atoms with Gasteiger partial charge in [-0.15, -0.1) is 0 Å². The Labute approximate surface area is 205 Å². The average Bonchev–Trinajstić information content (AvgIpc) is 2.70. The molecule has 0 radical (unpaired) electrons. The Bertz CT molecular complexity index is 626. The molecule has 8 heteroatoms. The summed E-state index contributed by atoms with van der Waals surface area (Å²) in [4.78, 5) is 49.5. The maximum absolute atomic E-state index is 13.2. The molecule has 0 aliphatic rings. The van der Waals surface area contributed by atoms with E-state index in [9.17, 15) is 19.2 Å². The minimum Gasteiger partial charge on any atom is -0.466 e. The van der Waals surface area contributed by atoms with Crippen LogP contribution in [0, 0.1) is 17.8 Å². The zero-order valence-electron chi connectivity index (χ0n) is 22.3. The maximum atomic E-state index is 13.2. The molecule has 0 bridgehead atoms. The number of carbonyl (C=O) groups is 4. The van der Waals surface area contributed by atoms with E-state index < -0.39 is 42.3 Å². The summed E-state index contributed by atoms with van der Waals surface area (Å²) in [5.41, 5.74) is -1.91. The lowest BCUT2D eigenvalue weighted by molar-refractivity contribution is -0.186. The molecule has 0 aromatic heterocycles. The topological polar surface area (TPSA) is 105 Å². The van der Waals surface area contributed by atoms with E-state index in [1.54, 1.807) is 0 Å². The average molecular weight is 487 g/mol. The van der Waals surface area contributed by atoms with E-state index >= 15 is 0 Å². The molecule has 0 fully saturated rings. The lowest BCUT2D eigenvalue weighted by Crippen LogP contribution is -2.48. The first-order valence-corrected chi connectivity index (χ1v) is 12.6. The second kappa shape index (κ2) is 17.5. The van der Waals surface area contributed by atoms with E-state index in [4.69, 9.17) is 14.2 Å². The molecule has 0 aliphatic carbocycles. The number of ether oxygens (including phenoxy) is 4. The SMILES string of the molecule is CC(=O)OC(=O)CC(CC(=O)OCCCC(C)C)(OCCCC(C)C)C(=O)OCCCC(C)C. The summed E-state index contributed by atoms with van der Waals surface area (Å²) in [5, 5.41) is 0. The molecule has 0 rings (SSSR count). The van der Waals surface area contributed by atoms with E-state index in [1.165, 1.54) is 0 Å². The first-order valence-electron chi connectivity index (χ1n) is 12.6. The van der Waals surface area contributed by atoms with Gasteiger partial charge in [-0.05, 0) is 56.3 Å². The van der Waals surface area contributed by atoms with Crippen LogP contribution in [0.4, 0.5) is 0 Å². The fourth-order valence-corrected chi connectivity index (χ4v) is 3.31. The van der Waals surface area contributed by atoms with E-state index in [1.807, 2.05) is 0 Å². The van der Waals surface area contributed by atoms with Crippen molar-refractivity contribution < 1.29 is 38.1 Å². The summed E-state index contributed by atoms with van der Waals surface area (Å²) in [6.45, 7) is 14.0. The van der Waals surface area contributed by atoms with Gasteiger partial charge in [0.05, 0.1) is 26.1 Å². The van der Waals surface area contributed by atoms with Crippen molar-refractivity contribution in [2.24, 2.45) is 17.8 Å². The molecular formula is C26H46O8. The van der Waals surface area contributed by atoms with E-state index in [-0.39, 0.29) is 19.8 Å². The summed E-state index contributed by atoms with van der Waals surface area (Å²) >= 11 is 0. The van der Waals surface area contributed by atoms with Crippen molar-refractivity contribution in [1.82, 2.24) is 0 Å². The van der Waals surface area contributed by atoms with Crippen molar-refractivity contribution in [3.8, 4) is 0 Å². The number of esters is 4. The number of hydrogen-bond donors (Lipinski definition) is 0. The van der Waals surface area contributed by atoms with Crippen LogP contribution in [0.15, 0.2) is 0 Å². The monoisotopic (exact) mass is 486 g/mol.